The van der Waals surface area contributed by atoms with Gasteiger partial charge in [-0.2, -0.15) is 0 Å². The maximum atomic E-state index is 12.5. The van der Waals surface area contributed by atoms with Gasteiger partial charge in [-0.1, -0.05) is 30.3 Å². The van der Waals surface area contributed by atoms with Gasteiger partial charge >= 0.3 is 6.03 Å². The van der Waals surface area contributed by atoms with Crippen molar-refractivity contribution in [2.75, 3.05) is 32.8 Å². The molecular weight excluding hydrogens is 438 g/mol. The van der Waals surface area contributed by atoms with Crippen LogP contribution in [0.15, 0.2) is 48.8 Å². The molecule has 2 aliphatic heterocycles. The minimum atomic E-state index is 0.00254. The number of rotatable bonds is 5. The van der Waals surface area contributed by atoms with Crippen molar-refractivity contribution in [1.29, 1.82) is 0 Å². The molecule has 4 heterocycles. The first-order chi connectivity index (χ1) is 17.0. The fourth-order valence-corrected chi connectivity index (χ4v) is 5.00. The second-order valence-electron chi connectivity index (χ2n) is 9.89. The third kappa shape index (κ3) is 5.26. The summed E-state index contributed by atoms with van der Waals surface area (Å²) < 4.78 is 5.46. The summed E-state index contributed by atoms with van der Waals surface area (Å²) >= 11 is 0. The highest BCUT2D eigenvalue weighted by atomic mass is 16.5. The molecule has 2 aliphatic rings. The van der Waals surface area contributed by atoms with Crippen LogP contribution in [0.2, 0.25) is 0 Å². The highest BCUT2D eigenvalue weighted by molar-refractivity contribution is 5.93. The largest absolute Gasteiger partial charge is 0.379 e. The Morgan fingerprint density at radius 3 is 2.66 bits per heavy atom. The van der Waals surface area contributed by atoms with Gasteiger partial charge in [0.05, 0.1) is 13.2 Å². The van der Waals surface area contributed by atoms with Crippen LogP contribution >= 0.6 is 0 Å². The van der Waals surface area contributed by atoms with Gasteiger partial charge < -0.3 is 19.9 Å². The first kappa shape index (κ1) is 23.6. The van der Waals surface area contributed by atoms with Crippen LogP contribution in [0.4, 0.5) is 4.79 Å². The van der Waals surface area contributed by atoms with Gasteiger partial charge in [-0.3, -0.25) is 4.90 Å². The van der Waals surface area contributed by atoms with Gasteiger partial charge in [0.15, 0.2) is 0 Å². The van der Waals surface area contributed by atoms with Gasteiger partial charge in [0.2, 0.25) is 0 Å². The number of nitrogens with one attached hydrogen (secondary N) is 2. The van der Waals surface area contributed by atoms with Crippen LogP contribution in [0.1, 0.15) is 38.3 Å². The number of aromatic amines is 1. The molecule has 0 spiro atoms. The van der Waals surface area contributed by atoms with Crippen LogP contribution in [0, 0.1) is 0 Å². The van der Waals surface area contributed by atoms with E-state index in [2.05, 4.69) is 64.7 Å². The van der Waals surface area contributed by atoms with E-state index in [9.17, 15) is 4.79 Å². The number of fused-ring (bicyclic) bond motifs is 1. The molecule has 0 radical (unpaired) electrons. The molecular formula is C28H35N5O2. The lowest BCUT2D eigenvalue weighted by molar-refractivity contribution is 0.0342. The van der Waals surface area contributed by atoms with Crippen molar-refractivity contribution in [3.05, 3.63) is 59.9 Å². The van der Waals surface area contributed by atoms with Crippen LogP contribution in [0.3, 0.4) is 0 Å². The number of carbonyl (C=O) groups excluding carboxylic acids is 1. The highest BCUT2D eigenvalue weighted by Gasteiger charge is 2.25. The molecule has 0 bridgehead atoms. The number of ether oxygens (including phenoxy) is 1. The molecule has 0 saturated carbocycles. The molecule has 1 aromatic carbocycles. The molecule has 1 atom stereocenters. The summed E-state index contributed by atoms with van der Waals surface area (Å²) in [6.45, 7) is 11.3. The van der Waals surface area contributed by atoms with Gasteiger partial charge in [0.1, 0.15) is 5.65 Å². The van der Waals surface area contributed by atoms with Crippen molar-refractivity contribution < 1.29 is 9.53 Å². The Morgan fingerprint density at radius 1 is 1.17 bits per heavy atom. The zero-order chi connectivity index (χ0) is 24.4. The third-order valence-corrected chi connectivity index (χ3v) is 6.90. The average Bonchev–Trinajstić information content (AvgIpc) is 3.28. The summed E-state index contributed by atoms with van der Waals surface area (Å²) in [6, 6.07) is 11.2. The lowest BCUT2D eigenvalue weighted by Gasteiger charge is -2.33. The Hall–Kier alpha value is -3.16. The number of nitrogens with zero attached hydrogens (tertiary/aromatic N) is 3. The predicted molar refractivity (Wildman–Crippen MR) is 140 cm³/mol. The maximum absolute atomic E-state index is 12.5. The zero-order valence-electron chi connectivity index (χ0n) is 20.9. The summed E-state index contributed by atoms with van der Waals surface area (Å²) in [6.07, 6.45) is 7.02. The van der Waals surface area contributed by atoms with Crippen LogP contribution in [-0.2, 0) is 11.3 Å². The van der Waals surface area contributed by atoms with E-state index in [0.717, 1.165) is 55.9 Å². The number of benzene rings is 1. The number of morpholine rings is 1. The number of pyridine rings is 1. The molecule has 2 aromatic heterocycles. The van der Waals surface area contributed by atoms with Crippen molar-refractivity contribution in [3.63, 3.8) is 0 Å². The molecule has 5 rings (SSSR count). The van der Waals surface area contributed by atoms with Gasteiger partial charge in [0.25, 0.3) is 0 Å². The maximum Gasteiger partial charge on any atom is 0.318 e. The number of H-pyrrole nitrogens is 1. The average molecular weight is 474 g/mol. The SMILES string of the molecule is CC(C)NC(=O)N1CCC(c2c[nH]c3ncc(-c4ccc(CN5CCOCC5)cc4)cc23)=CC1C. The van der Waals surface area contributed by atoms with Gasteiger partial charge in [-0.15, -0.1) is 0 Å². The minimum absolute atomic E-state index is 0.00254. The van der Waals surface area contributed by atoms with E-state index >= 15 is 0 Å². The first-order valence-corrected chi connectivity index (χ1v) is 12.6. The van der Waals surface area contributed by atoms with Gasteiger partial charge in [0, 0.05) is 67.2 Å². The van der Waals surface area contributed by atoms with Crippen molar-refractivity contribution in [2.45, 2.75) is 45.8 Å². The fourth-order valence-electron chi connectivity index (χ4n) is 5.00. The molecule has 0 aliphatic carbocycles. The summed E-state index contributed by atoms with van der Waals surface area (Å²) in [4.78, 5) is 24.9. The summed E-state index contributed by atoms with van der Waals surface area (Å²) in [5.41, 5.74) is 6.92. The topological polar surface area (TPSA) is 73.5 Å². The van der Waals surface area contributed by atoms with Crippen LogP contribution in [-0.4, -0.2) is 70.7 Å². The Balaban J connectivity index is 1.35. The molecule has 2 N–H and O–H groups in total. The van der Waals surface area contributed by atoms with E-state index in [4.69, 9.17) is 9.72 Å². The second-order valence-corrected chi connectivity index (χ2v) is 9.89. The van der Waals surface area contributed by atoms with E-state index in [1.807, 2.05) is 24.9 Å². The van der Waals surface area contributed by atoms with Crippen molar-refractivity contribution in [1.82, 2.24) is 25.1 Å². The number of urea groups is 1. The molecule has 1 fully saturated rings. The molecule has 2 amide bonds. The van der Waals surface area contributed by atoms with E-state index < -0.39 is 0 Å². The Kier molecular flexibility index (Phi) is 6.88. The lowest BCUT2D eigenvalue weighted by atomic mass is 9.95. The monoisotopic (exact) mass is 473 g/mol. The van der Waals surface area contributed by atoms with E-state index in [0.29, 0.717) is 6.54 Å². The van der Waals surface area contributed by atoms with Crippen molar-refractivity contribution in [3.8, 4) is 11.1 Å². The number of aromatic nitrogens is 2. The summed E-state index contributed by atoms with van der Waals surface area (Å²) in [5.74, 6) is 0. The van der Waals surface area contributed by atoms with E-state index in [-0.39, 0.29) is 18.1 Å². The number of carbonyl (C=O) groups is 1. The quantitative estimate of drug-likeness (QED) is 0.565. The van der Waals surface area contributed by atoms with Gasteiger partial charge in [-0.25, -0.2) is 9.78 Å². The molecule has 35 heavy (non-hydrogen) atoms. The minimum Gasteiger partial charge on any atom is -0.379 e. The third-order valence-electron chi connectivity index (χ3n) is 6.90. The van der Waals surface area contributed by atoms with Crippen LogP contribution < -0.4 is 5.32 Å². The molecule has 184 valence electrons. The Morgan fingerprint density at radius 2 is 1.94 bits per heavy atom. The summed E-state index contributed by atoms with van der Waals surface area (Å²) in [7, 11) is 0. The highest BCUT2D eigenvalue weighted by Crippen LogP contribution is 2.32. The first-order valence-electron chi connectivity index (χ1n) is 12.6. The molecule has 1 unspecified atom stereocenters. The fraction of sp³-hybridized carbons (Fsp3) is 0.429. The number of hydrogen-bond donors (Lipinski definition) is 2. The predicted octanol–water partition coefficient (Wildman–Crippen LogP) is 4.66. The molecule has 1 saturated heterocycles. The lowest BCUT2D eigenvalue weighted by Crippen LogP contribution is -2.48. The number of hydrogen-bond acceptors (Lipinski definition) is 4. The standard InChI is InChI=1S/C28H35N5O2/c1-19(2)31-28(34)33-9-8-23(14-20(33)3)26-17-30-27-25(26)15-24(16-29-27)22-6-4-21(5-7-22)18-32-10-12-35-13-11-32/h4-7,14-17,19-20H,8-13,18H2,1-3H3,(H,29,30)(H,31,34). The Bertz CT molecular complexity index is 1210. The van der Waals surface area contributed by atoms with Crippen LogP contribution in [0.5, 0.6) is 0 Å². The smallest absolute Gasteiger partial charge is 0.318 e. The van der Waals surface area contributed by atoms with Crippen LogP contribution in [0.25, 0.3) is 27.7 Å². The Labute approximate surface area is 207 Å². The molecule has 3 aromatic rings. The molecule has 7 nitrogen and oxygen atoms in total. The van der Waals surface area contributed by atoms with E-state index in [1.165, 1.54) is 22.3 Å². The normalized spacial score (nSPS) is 19.3. The summed E-state index contributed by atoms with van der Waals surface area (Å²) in [5, 5.41) is 4.13. The van der Waals surface area contributed by atoms with Crippen molar-refractivity contribution in [2.24, 2.45) is 0 Å². The molecule has 7 heteroatoms. The zero-order valence-corrected chi connectivity index (χ0v) is 20.9. The van der Waals surface area contributed by atoms with E-state index in [1.54, 1.807) is 0 Å². The van der Waals surface area contributed by atoms with Gasteiger partial charge in [-0.05, 0) is 50.0 Å². The van der Waals surface area contributed by atoms with Crippen molar-refractivity contribution >= 4 is 22.6 Å². The number of amides is 2. The second kappa shape index (κ2) is 10.2.